The van der Waals surface area contributed by atoms with Crippen LogP contribution in [0, 0.1) is 12.8 Å². The molecule has 1 N–H and O–H groups in total. The van der Waals surface area contributed by atoms with Gasteiger partial charge in [0.05, 0.1) is 11.6 Å². The molecular formula is C23H24N2O4. The molecule has 1 atom stereocenters. The van der Waals surface area contributed by atoms with Gasteiger partial charge in [0, 0.05) is 6.92 Å². The van der Waals surface area contributed by atoms with Crippen molar-refractivity contribution in [1.82, 2.24) is 4.98 Å². The van der Waals surface area contributed by atoms with Crippen molar-refractivity contribution >= 4 is 22.7 Å². The predicted molar refractivity (Wildman–Crippen MR) is 110 cm³/mol. The monoisotopic (exact) mass is 392 g/mol. The van der Waals surface area contributed by atoms with Crippen LogP contribution in [0.3, 0.4) is 0 Å². The van der Waals surface area contributed by atoms with E-state index < -0.39 is 0 Å². The number of ether oxygens (including phenoxy) is 2. The number of aryl methyl sites for hydroxylation is 1. The molecule has 1 saturated carbocycles. The number of hydrogen-bond donors (Lipinski definition) is 1. The standard InChI is InChI=1S/C23H24N2O4/c1-14-24-17-7-4-8-18(22(17)29-14)25-23(26)21(15-5-2-3-6-15)16-9-10-19-20(13-16)28-12-11-27-19/h4,7-10,13,15,21H,2-3,5-6,11-12H2,1H3,(H,25,26). The Balaban J connectivity index is 1.48. The van der Waals surface area contributed by atoms with Crippen LogP contribution >= 0.6 is 0 Å². The van der Waals surface area contributed by atoms with E-state index in [0.29, 0.717) is 36.3 Å². The molecule has 0 spiro atoms. The van der Waals surface area contributed by atoms with Crippen LogP contribution in [0.2, 0.25) is 0 Å². The van der Waals surface area contributed by atoms with Gasteiger partial charge in [-0.2, -0.15) is 0 Å². The van der Waals surface area contributed by atoms with Crippen molar-refractivity contribution in [2.24, 2.45) is 5.92 Å². The molecule has 1 aliphatic carbocycles. The Hall–Kier alpha value is -3.02. The summed E-state index contributed by atoms with van der Waals surface area (Å²) in [7, 11) is 0. The molecule has 0 radical (unpaired) electrons. The zero-order valence-corrected chi connectivity index (χ0v) is 16.4. The van der Waals surface area contributed by atoms with Crippen LogP contribution in [0.4, 0.5) is 5.69 Å². The largest absolute Gasteiger partial charge is 0.486 e. The third-order valence-electron chi connectivity index (χ3n) is 5.86. The van der Waals surface area contributed by atoms with E-state index in [2.05, 4.69) is 10.3 Å². The summed E-state index contributed by atoms with van der Waals surface area (Å²) < 4.78 is 17.1. The molecule has 29 heavy (non-hydrogen) atoms. The molecule has 1 aliphatic heterocycles. The van der Waals surface area contributed by atoms with Crippen molar-refractivity contribution in [3.8, 4) is 11.5 Å². The molecule has 5 rings (SSSR count). The number of hydrogen-bond acceptors (Lipinski definition) is 5. The maximum Gasteiger partial charge on any atom is 0.232 e. The summed E-state index contributed by atoms with van der Waals surface area (Å²) in [4.78, 5) is 17.8. The summed E-state index contributed by atoms with van der Waals surface area (Å²) in [6, 6.07) is 11.5. The molecule has 2 aromatic carbocycles. The number of carbonyl (C=O) groups is 1. The van der Waals surface area contributed by atoms with Gasteiger partial charge in [0.2, 0.25) is 5.91 Å². The molecule has 1 unspecified atom stereocenters. The lowest BCUT2D eigenvalue weighted by molar-refractivity contribution is -0.118. The highest BCUT2D eigenvalue weighted by Gasteiger charge is 2.33. The quantitative estimate of drug-likeness (QED) is 0.689. The summed E-state index contributed by atoms with van der Waals surface area (Å²) in [5, 5.41) is 3.11. The van der Waals surface area contributed by atoms with Crippen LogP contribution in [-0.4, -0.2) is 24.1 Å². The average Bonchev–Trinajstić information content (AvgIpc) is 3.38. The zero-order chi connectivity index (χ0) is 19.8. The number of nitrogens with zero attached hydrogens (tertiary/aromatic N) is 1. The van der Waals surface area contributed by atoms with Crippen LogP contribution in [0.5, 0.6) is 11.5 Å². The first-order valence-electron chi connectivity index (χ1n) is 10.3. The predicted octanol–water partition coefficient (Wildman–Crippen LogP) is 4.82. The highest BCUT2D eigenvalue weighted by molar-refractivity contribution is 6.01. The lowest BCUT2D eigenvalue weighted by Crippen LogP contribution is -2.27. The molecule has 150 valence electrons. The van der Waals surface area contributed by atoms with E-state index >= 15 is 0 Å². The summed E-state index contributed by atoms with van der Waals surface area (Å²) in [5.41, 5.74) is 3.00. The van der Waals surface area contributed by atoms with Crippen molar-refractivity contribution in [3.63, 3.8) is 0 Å². The van der Waals surface area contributed by atoms with Gasteiger partial charge in [-0.25, -0.2) is 4.98 Å². The van der Waals surface area contributed by atoms with E-state index in [0.717, 1.165) is 48.3 Å². The number of aromatic nitrogens is 1. The molecule has 3 aromatic rings. The Bertz CT molecular complexity index is 1050. The van der Waals surface area contributed by atoms with E-state index in [9.17, 15) is 4.79 Å². The zero-order valence-electron chi connectivity index (χ0n) is 16.4. The number of benzene rings is 2. The fraction of sp³-hybridized carbons (Fsp3) is 0.391. The first-order chi connectivity index (χ1) is 14.2. The first-order valence-corrected chi connectivity index (χ1v) is 10.3. The summed E-state index contributed by atoms with van der Waals surface area (Å²) >= 11 is 0. The number of oxazole rings is 1. The second-order valence-electron chi connectivity index (χ2n) is 7.80. The van der Waals surface area contributed by atoms with Crippen LogP contribution in [-0.2, 0) is 4.79 Å². The Labute approximate surface area is 169 Å². The molecule has 2 heterocycles. The number of para-hydroxylation sites is 1. The SMILES string of the molecule is Cc1nc2cccc(NC(=O)C(c3ccc4c(c3)OCCO4)C3CCCC3)c2o1. The summed E-state index contributed by atoms with van der Waals surface area (Å²) in [5.74, 6) is 2.10. The molecule has 2 aliphatic rings. The summed E-state index contributed by atoms with van der Waals surface area (Å²) in [6.45, 7) is 2.89. The molecule has 1 fully saturated rings. The lowest BCUT2D eigenvalue weighted by Gasteiger charge is -2.25. The van der Waals surface area contributed by atoms with Crippen molar-refractivity contribution in [2.45, 2.75) is 38.5 Å². The van der Waals surface area contributed by atoms with E-state index in [1.807, 2.05) is 43.3 Å². The Kier molecular flexibility index (Phi) is 4.62. The second kappa shape index (κ2) is 7.43. The molecule has 6 nitrogen and oxygen atoms in total. The molecular weight excluding hydrogens is 368 g/mol. The highest BCUT2D eigenvalue weighted by atomic mass is 16.6. The molecule has 1 amide bonds. The van der Waals surface area contributed by atoms with Gasteiger partial charge < -0.3 is 19.2 Å². The Morgan fingerprint density at radius 3 is 2.72 bits per heavy atom. The minimum Gasteiger partial charge on any atom is -0.486 e. The number of nitrogens with one attached hydrogen (secondary N) is 1. The van der Waals surface area contributed by atoms with E-state index in [4.69, 9.17) is 13.9 Å². The number of carbonyl (C=O) groups excluding carboxylic acids is 1. The second-order valence-corrected chi connectivity index (χ2v) is 7.80. The third kappa shape index (κ3) is 3.43. The number of rotatable bonds is 4. The normalized spacial score (nSPS) is 17.4. The van der Waals surface area contributed by atoms with E-state index in [-0.39, 0.29) is 11.8 Å². The van der Waals surface area contributed by atoms with Crippen LogP contribution in [0.15, 0.2) is 40.8 Å². The maximum absolute atomic E-state index is 13.5. The van der Waals surface area contributed by atoms with Crippen molar-refractivity contribution in [2.75, 3.05) is 18.5 Å². The van der Waals surface area contributed by atoms with Crippen molar-refractivity contribution < 1.29 is 18.7 Å². The first kappa shape index (κ1) is 18.0. The van der Waals surface area contributed by atoms with Gasteiger partial charge in [-0.05, 0) is 48.6 Å². The van der Waals surface area contributed by atoms with E-state index in [1.165, 1.54) is 0 Å². The minimum absolute atomic E-state index is 0.0184. The van der Waals surface area contributed by atoms with Gasteiger partial charge in [0.15, 0.2) is 23.0 Å². The van der Waals surface area contributed by atoms with Gasteiger partial charge in [0.25, 0.3) is 0 Å². The third-order valence-corrected chi connectivity index (χ3v) is 5.86. The Morgan fingerprint density at radius 2 is 1.90 bits per heavy atom. The number of anilines is 1. The Morgan fingerprint density at radius 1 is 1.10 bits per heavy atom. The van der Waals surface area contributed by atoms with Gasteiger partial charge in [0.1, 0.15) is 18.7 Å². The summed E-state index contributed by atoms with van der Waals surface area (Å²) in [6.07, 6.45) is 4.43. The molecule has 6 heteroatoms. The molecule has 0 bridgehead atoms. The van der Waals surface area contributed by atoms with Crippen molar-refractivity contribution in [3.05, 3.63) is 47.9 Å². The highest BCUT2D eigenvalue weighted by Crippen LogP contribution is 2.41. The molecule has 1 aromatic heterocycles. The molecule has 0 saturated heterocycles. The van der Waals surface area contributed by atoms with Crippen LogP contribution < -0.4 is 14.8 Å². The van der Waals surface area contributed by atoms with Gasteiger partial charge in [-0.15, -0.1) is 0 Å². The van der Waals surface area contributed by atoms with Gasteiger partial charge in [-0.3, -0.25) is 4.79 Å². The maximum atomic E-state index is 13.5. The fourth-order valence-electron chi connectivity index (χ4n) is 4.55. The smallest absolute Gasteiger partial charge is 0.232 e. The van der Waals surface area contributed by atoms with Gasteiger partial charge >= 0.3 is 0 Å². The van der Waals surface area contributed by atoms with Crippen LogP contribution in [0.25, 0.3) is 11.1 Å². The fourth-order valence-corrected chi connectivity index (χ4v) is 4.55. The average molecular weight is 392 g/mol. The van der Waals surface area contributed by atoms with E-state index in [1.54, 1.807) is 0 Å². The lowest BCUT2D eigenvalue weighted by atomic mass is 9.84. The number of fused-ring (bicyclic) bond motifs is 2. The topological polar surface area (TPSA) is 73.6 Å². The van der Waals surface area contributed by atoms with Crippen molar-refractivity contribution in [1.29, 1.82) is 0 Å². The van der Waals surface area contributed by atoms with Crippen LogP contribution in [0.1, 0.15) is 43.1 Å². The number of amides is 1. The minimum atomic E-state index is -0.243. The van der Waals surface area contributed by atoms with Gasteiger partial charge in [-0.1, -0.05) is 25.0 Å².